The third kappa shape index (κ3) is 3.11. The van der Waals surface area contributed by atoms with Gasteiger partial charge in [-0.25, -0.2) is 0 Å². The van der Waals surface area contributed by atoms with Gasteiger partial charge in [-0.15, -0.1) is 0 Å². The fourth-order valence-corrected chi connectivity index (χ4v) is 4.66. The Kier molecular flexibility index (Phi) is 4.75. The van der Waals surface area contributed by atoms with Crippen LogP contribution in [-0.4, -0.2) is 23.8 Å². The summed E-state index contributed by atoms with van der Waals surface area (Å²) in [5, 5.41) is 3.01. The SMILES string of the molecule is COC1=CC(C(=O)NCc2ccccn2)C2(C)Cc3ccccc3C2CC1=O. The first-order valence-electron chi connectivity index (χ1n) is 9.57. The molecule has 28 heavy (non-hydrogen) atoms. The molecule has 0 fully saturated rings. The number of fused-ring (bicyclic) bond motifs is 3. The van der Waals surface area contributed by atoms with E-state index in [1.165, 1.54) is 18.2 Å². The van der Waals surface area contributed by atoms with Gasteiger partial charge >= 0.3 is 0 Å². The predicted molar refractivity (Wildman–Crippen MR) is 105 cm³/mol. The smallest absolute Gasteiger partial charge is 0.227 e. The van der Waals surface area contributed by atoms with Crippen molar-refractivity contribution in [3.05, 3.63) is 77.3 Å². The summed E-state index contributed by atoms with van der Waals surface area (Å²) >= 11 is 0. The zero-order chi connectivity index (χ0) is 19.7. The molecule has 0 saturated heterocycles. The van der Waals surface area contributed by atoms with Gasteiger partial charge in [0.15, 0.2) is 11.5 Å². The lowest BCUT2D eigenvalue weighted by Gasteiger charge is -2.35. The van der Waals surface area contributed by atoms with Crippen LogP contribution in [0, 0.1) is 11.3 Å². The number of ether oxygens (including phenoxy) is 1. The highest BCUT2D eigenvalue weighted by Gasteiger charge is 2.52. The molecular weight excluding hydrogens is 352 g/mol. The van der Waals surface area contributed by atoms with E-state index in [-0.39, 0.29) is 28.8 Å². The minimum atomic E-state index is -0.463. The minimum Gasteiger partial charge on any atom is -0.493 e. The molecule has 3 atom stereocenters. The van der Waals surface area contributed by atoms with Gasteiger partial charge in [-0.05, 0) is 47.1 Å². The molecule has 0 radical (unpaired) electrons. The van der Waals surface area contributed by atoms with E-state index in [0.29, 0.717) is 13.0 Å². The normalized spacial score (nSPS) is 25.9. The number of allylic oxidation sites excluding steroid dienone is 1. The molecule has 2 aliphatic rings. The Bertz CT molecular complexity index is 938. The van der Waals surface area contributed by atoms with Crippen LogP contribution in [0.5, 0.6) is 0 Å². The van der Waals surface area contributed by atoms with Gasteiger partial charge in [0, 0.05) is 12.6 Å². The molecule has 4 rings (SSSR count). The molecule has 0 spiro atoms. The molecule has 1 N–H and O–H groups in total. The van der Waals surface area contributed by atoms with Gasteiger partial charge < -0.3 is 10.1 Å². The van der Waals surface area contributed by atoms with Crippen LogP contribution < -0.4 is 5.32 Å². The van der Waals surface area contributed by atoms with Crippen LogP contribution >= 0.6 is 0 Å². The van der Waals surface area contributed by atoms with Crippen molar-refractivity contribution in [3.63, 3.8) is 0 Å². The summed E-state index contributed by atoms with van der Waals surface area (Å²) in [6.07, 6.45) is 4.55. The van der Waals surface area contributed by atoms with Gasteiger partial charge in [0.1, 0.15) is 0 Å². The van der Waals surface area contributed by atoms with Gasteiger partial charge in [0.05, 0.1) is 25.3 Å². The number of hydrogen-bond donors (Lipinski definition) is 1. The molecule has 1 amide bonds. The number of carbonyl (C=O) groups excluding carboxylic acids is 2. The van der Waals surface area contributed by atoms with Crippen LogP contribution in [0.3, 0.4) is 0 Å². The maximum atomic E-state index is 13.2. The van der Waals surface area contributed by atoms with Gasteiger partial charge in [0.2, 0.25) is 5.91 Å². The molecule has 5 heteroatoms. The highest BCUT2D eigenvalue weighted by molar-refractivity contribution is 5.96. The number of rotatable bonds is 4. The molecule has 0 aliphatic heterocycles. The second kappa shape index (κ2) is 7.23. The molecule has 1 aromatic heterocycles. The summed E-state index contributed by atoms with van der Waals surface area (Å²) in [6, 6.07) is 13.8. The Balaban J connectivity index is 1.67. The van der Waals surface area contributed by atoms with Crippen LogP contribution in [0.25, 0.3) is 0 Å². The maximum Gasteiger partial charge on any atom is 0.227 e. The predicted octanol–water partition coefficient (Wildman–Crippen LogP) is 3.16. The van der Waals surface area contributed by atoms with E-state index in [9.17, 15) is 9.59 Å². The van der Waals surface area contributed by atoms with Crippen molar-refractivity contribution in [1.29, 1.82) is 0 Å². The van der Waals surface area contributed by atoms with Crippen molar-refractivity contribution in [2.75, 3.05) is 7.11 Å². The number of methoxy groups -OCH3 is 1. The topological polar surface area (TPSA) is 68.3 Å². The molecule has 2 aliphatic carbocycles. The molecule has 0 bridgehead atoms. The number of amides is 1. The highest BCUT2D eigenvalue weighted by Crippen LogP contribution is 2.55. The Morgan fingerprint density at radius 1 is 1.25 bits per heavy atom. The van der Waals surface area contributed by atoms with Crippen molar-refractivity contribution in [3.8, 4) is 0 Å². The second-order valence-corrected chi connectivity index (χ2v) is 7.81. The van der Waals surface area contributed by atoms with E-state index in [1.54, 1.807) is 12.3 Å². The third-order valence-electron chi connectivity index (χ3n) is 6.16. The van der Waals surface area contributed by atoms with E-state index in [1.807, 2.05) is 30.3 Å². The van der Waals surface area contributed by atoms with Crippen molar-refractivity contribution in [2.24, 2.45) is 11.3 Å². The van der Waals surface area contributed by atoms with E-state index in [4.69, 9.17) is 4.74 Å². The summed E-state index contributed by atoms with van der Waals surface area (Å²) in [7, 11) is 1.49. The summed E-state index contributed by atoms with van der Waals surface area (Å²) in [4.78, 5) is 30.3. The van der Waals surface area contributed by atoms with Crippen molar-refractivity contribution < 1.29 is 14.3 Å². The Hall–Kier alpha value is -2.95. The molecule has 1 aromatic carbocycles. The first kappa shape index (κ1) is 18.4. The van der Waals surface area contributed by atoms with Crippen LogP contribution in [0.1, 0.15) is 36.1 Å². The van der Waals surface area contributed by atoms with E-state index in [2.05, 4.69) is 29.4 Å². The molecule has 3 unspecified atom stereocenters. The van der Waals surface area contributed by atoms with E-state index in [0.717, 1.165) is 12.1 Å². The van der Waals surface area contributed by atoms with Crippen molar-refractivity contribution in [1.82, 2.24) is 10.3 Å². The summed E-state index contributed by atoms with van der Waals surface area (Å²) in [5.74, 6) is -0.336. The van der Waals surface area contributed by atoms with Crippen molar-refractivity contribution in [2.45, 2.75) is 32.2 Å². The van der Waals surface area contributed by atoms with Gasteiger partial charge in [-0.3, -0.25) is 14.6 Å². The third-order valence-corrected chi connectivity index (χ3v) is 6.16. The fraction of sp³-hybridized carbons (Fsp3) is 0.348. The number of nitrogens with zero attached hydrogens (tertiary/aromatic N) is 1. The Morgan fingerprint density at radius 2 is 2.04 bits per heavy atom. The van der Waals surface area contributed by atoms with Gasteiger partial charge in [0.25, 0.3) is 0 Å². The van der Waals surface area contributed by atoms with Gasteiger partial charge in [-0.2, -0.15) is 0 Å². The summed E-state index contributed by atoms with van der Waals surface area (Å²) < 4.78 is 5.34. The van der Waals surface area contributed by atoms with Crippen LogP contribution in [0.2, 0.25) is 0 Å². The minimum absolute atomic E-state index is 0.00861. The molecule has 0 saturated carbocycles. The molecule has 144 valence electrons. The van der Waals surface area contributed by atoms with Crippen molar-refractivity contribution >= 4 is 11.7 Å². The number of hydrogen-bond acceptors (Lipinski definition) is 4. The molecule has 1 heterocycles. The lowest BCUT2D eigenvalue weighted by atomic mass is 9.67. The number of ketones is 1. The standard InChI is InChI=1S/C23H24N2O3/c1-23-13-15-7-3-4-9-17(15)18(23)11-20(26)21(28-2)12-19(23)22(27)25-14-16-8-5-6-10-24-16/h3-10,12,18-19H,11,13-14H2,1-2H3,(H,25,27). The zero-order valence-electron chi connectivity index (χ0n) is 16.1. The first-order valence-corrected chi connectivity index (χ1v) is 9.57. The first-order chi connectivity index (χ1) is 13.5. The Labute approximate surface area is 164 Å². The lowest BCUT2D eigenvalue weighted by Crippen LogP contribution is -2.41. The van der Waals surface area contributed by atoms with E-state index < -0.39 is 5.92 Å². The maximum absolute atomic E-state index is 13.2. The molecule has 2 aromatic rings. The van der Waals surface area contributed by atoms with Crippen LogP contribution in [-0.2, 0) is 27.3 Å². The Morgan fingerprint density at radius 3 is 2.79 bits per heavy atom. The summed E-state index contributed by atoms with van der Waals surface area (Å²) in [5.41, 5.74) is 2.81. The fourth-order valence-electron chi connectivity index (χ4n) is 4.66. The van der Waals surface area contributed by atoms with E-state index >= 15 is 0 Å². The average molecular weight is 376 g/mol. The van der Waals surface area contributed by atoms with Crippen LogP contribution in [0.4, 0.5) is 0 Å². The molecular formula is C23H24N2O3. The second-order valence-electron chi connectivity index (χ2n) is 7.81. The van der Waals surface area contributed by atoms with Crippen LogP contribution in [0.15, 0.2) is 60.5 Å². The van der Waals surface area contributed by atoms with Gasteiger partial charge in [-0.1, -0.05) is 37.3 Å². The number of pyridine rings is 1. The number of nitrogens with one attached hydrogen (secondary N) is 1. The number of aromatic nitrogens is 1. The highest BCUT2D eigenvalue weighted by atomic mass is 16.5. The lowest BCUT2D eigenvalue weighted by molar-refractivity contribution is -0.127. The number of Topliss-reactive ketones (excluding diaryl/α,β-unsaturated/α-hetero) is 1. The summed E-state index contributed by atoms with van der Waals surface area (Å²) in [6.45, 7) is 2.47. The number of carbonyl (C=O) groups is 2. The molecule has 5 nitrogen and oxygen atoms in total. The monoisotopic (exact) mass is 376 g/mol. The number of benzene rings is 1. The largest absolute Gasteiger partial charge is 0.493 e. The average Bonchev–Trinajstić information content (AvgIpc) is 2.94. The zero-order valence-corrected chi connectivity index (χ0v) is 16.1. The quantitative estimate of drug-likeness (QED) is 0.890.